The van der Waals surface area contributed by atoms with Crippen LogP contribution in [0.5, 0.6) is 0 Å². The average molecular weight is 555 g/mol. The van der Waals surface area contributed by atoms with Crippen molar-refractivity contribution in [2.24, 2.45) is 0 Å². The predicted molar refractivity (Wildman–Crippen MR) is 142 cm³/mol. The van der Waals surface area contributed by atoms with Gasteiger partial charge in [-0.05, 0) is 64.2 Å². The lowest BCUT2D eigenvalue weighted by atomic mass is 10.2. The molecule has 0 aromatic rings. The molecule has 0 heterocycles. The molecule has 37 heavy (non-hydrogen) atoms. The van der Waals surface area contributed by atoms with Crippen LogP contribution in [-0.4, -0.2) is 55.7 Å². The summed E-state index contributed by atoms with van der Waals surface area (Å²) >= 11 is 0. The van der Waals surface area contributed by atoms with E-state index in [2.05, 4.69) is 0 Å². The Morgan fingerprint density at radius 2 is 0.757 bits per heavy atom. The van der Waals surface area contributed by atoms with E-state index in [4.69, 9.17) is 21.0 Å². The molecule has 208 valence electrons. The zero-order valence-electron chi connectivity index (χ0n) is 22.4. The highest BCUT2D eigenvalue weighted by molar-refractivity contribution is 8.08. The van der Waals surface area contributed by atoms with Crippen LogP contribution < -0.4 is 0 Å². The molecule has 0 aromatic carbocycles. The van der Waals surface area contributed by atoms with Crippen molar-refractivity contribution in [1.82, 2.24) is 8.61 Å². The van der Waals surface area contributed by atoms with Crippen LogP contribution in [0.4, 0.5) is 0 Å². The highest BCUT2D eigenvalue weighted by Gasteiger charge is 2.56. The molecule has 0 radical (unpaired) electrons. The number of nitrogens with zero attached hydrogens (tertiary/aromatic N) is 6. The van der Waals surface area contributed by atoms with Crippen molar-refractivity contribution in [3.05, 3.63) is 0 Å². The monoisotopic (exact) mass is 554 g/mol. The van der Waals surface area contributed by atoms with Crippen LogP contribution in [-0.2, 0) is 20.0 Å². The number of hydrogen-bond acceptors (Lipinski definition) is 8. The van der Waals surface area contributed by atoms with Gasteiger partial charge in [-0.25, -0.2) is 25.4 Å². The molecular formula is C25H42N6O4S2. The molecule has 0 spiro atoms. The van der Waals surface area contributed by atoms with E-state index in [1.807, 2.05) is 24.3 Å². The van der Waals surface area contributed by atoms with Crippen LogP contribution in [0.1, 0.15) is 104 Å². The summed E-state index contributed by atoms with van der Waals surface area (Å²) in [6.45, 7) is 3.59. The van der Waals surface area contributed by atoms with E-state index in [-0.39, 0.29) is 64.7 Å². The van der Waals surface area contributed by atoms with Gasteiger partial charge in [-0.2, -0.15) is 21.0 Å². The van der Waals surface area contributed by atoms with Gasteiger partial charge in [0, 0.05) is 51.9 Å². The standard InChI is InChI=1S/C25H42N6O4S2/c1-3-25(4-2,36(32,33)30(21-13-5-9-17-26)22-14-6-10-18-27)37(34,35)31(23-15-7-11-19-28)24-16-8-12-20-29/h3-16,21-24H2,1-2H3. The summed E-state index contributed by atoms with van der Waals surface area (Å²) in [5, 5.41) is 35.4. The molecule has 0 bridgehead atoms. The van der Waals surface area contributed by atoms with E-state index in [9.17, 15) is 16.8 Å². The molecule has 10 nitrogen and oxygen atoms in total. The van der Waals surface area contributed by atoms with E-state index in [1.165, 1.54) is 8.61 Å². The maximum atomic E-state index is 14.2. The van der Waals surface area contributed by atoms with Crippen molar-refractivity contribution in [3.63, 3.8) is 0 Å². The van der Waals surface area contributed by atoms with E-state index in [1.54, 1.807) is 13.8 Å². The van der Waals surface area contributed by atoms with Gasteiger partial charge in [0.2, 0.25) is 24.1 Å². The third-order valence-electron chi connectivity index (χ3n) is 6.48. The first-order valence-corrected chi connectivity index (χ1v) is 16.0. The number of hydrogen-bond donors (Lipinski definition) is 0. The summed E-state index contributed by atoms with van der Waals surface area (Å²) in [6, 6.07) is 8.17. The molecule has 0 aliphatic carbocycles. The minimum atomic E-state index is -4.34. The molecular weight excluding hydrogens is 512 g/mol. The fraction of sp³-hybridized carbons (Fsp3) is 0.840. The second-order valence-corrected chi connectivity index (χ2v) is 13.6. The summed E-state index contributed by atoms with van der Waals surface area (Å²) in [5.74, 6) is 0. The zero-order valence-corrected chi connectivity index (χ0v) is 24.0. The van der Waals surface area contributed by atoms with Gasteiger partial charge in [0.25, 0.3) is 0 Å². The fourth-order valence-electron chi connectivity index (χ4n) is 4.26. The van der Waals surface area contributed by atoms with E-state index >= 15 is 0 Å². The molecule has 0 unspecified atom stereocenters. The molecule has 0 rings (SSSR count). The Hall–Kier alpha value is -2.22. The Morgan fingerprint density at radius 3 is 0.946 bits per heavy atom. The van der Waals surface area contributed by atoms with Crippen LogP contribution >= 0.6 is 0 Å². The van der Waals surface area contributed by atoms with Gasteiger partial charge < -0.3 is 0 Å². The third-order valence-corrected chi connectivity index (χ3v) is 12.9. The maximum Gasteiger partial charge on any atom is 0.235 e. The molecule has 0 N–H and O–H groups in total. The van der Waals surface area contributed by atoms with Gasteiger partial charge in [-0.3, -0.25) is 0 Å². The summed E-state index contributed by atoms with van der Waals surface area (Å²) in [6.07, 6.45) is 4.61. The van der Waals surface area contributed by atoms with Crippen molar-refractivity contribution < 1.29 is 16.8 Å². The molecule has 0 aromatic heterocycles. The highest BCUT2D eigenvalue weighted by atomic mass is 32.3. The van der Waals surface area contributed by atoms with Crippen molar-refractivity contribution in [3.8, 4) is 24.3 Å². The molecule has 0 saturated carbocycles. The van der Waals surface area contributed by atoms with E-state index in [0.717, 1.165) is 0 Å². The Morgan fingerprint density at radius 1 is 0.514 bits per heavy atom. The van der Waals surface area contributed by atoms with Crippen LogP contribution in [0.3, 0.4) is 0 Å². The van der Waals surface area contributed by atoms with E-state index in [0.29, 0.717) is 51.4 Å². The van der Waals surface area contributed by atoms with Gasteiger partial charge in [-0.1, -0.05) is 13.8 Å². The summed E-state index contributed by atoms with van der Waals surface area (Å²) in [5.41, 5.74) is 0. The molecule has 0 atom stereocenters. The Kier molecular flexibility index (Phi) is 17.8. The first kappa shape index (κ1) is 34.8. The SMILES string of the molecule is CCC(CC)(S(=O)(=O)N(CCCCC#N)CCCCC#N)S(=O)(=O)N(CCCCC#N)CCCCC#N. The largest absolute Gasteiger partial charge is 0.235 e. The van der Waals surface area contributed by atoms with Crippen molar-refractivity contribution in [2.45, 2.75) is 108 Å². The molecule has 12 heteroatoms. The second kappa shape index (κ2) is 18.9. The molecule has 0 fully saturated rings. The summed E-state index contributed by atoms with van der Waals surface area (Å²) < 4.78 is 57.0. The van der Waals surface area contributed by atoms with Gasteiger partial charge in [0.05, 0.1) is 24.3 Å². The van der Waals surface area contributed by atoms with Crippen LogP contribution in [0.15, 0.2) is 0 Å². The quantitative estimate of drug-likeness (QED) is 0.175. The zero-order chi connectivity index (χ0) is 28.2. The number of sulfonamides is 2. The van der Waals surface area contributed by atoms with Gasteiger partial charge in [0.15, 0.2) is 0 Å². The van der Waals surface area contributed by atoms with Crippen LogP contribution in [0, 0.1) is 45.3 Å². The minimum Gasteiger partial charge on any atom is -0.210 e. The fourth-order valence-corrected chi connectivity index (χ4v) is 9.83. The van der Waals surface area contributed by atoms with E-state index < -0.39 is 24.1 Å². The van der Waals surface area contributed by atoms with Gasteiger partial charge >= 0.3 is 0 Å². The van der Waals surface area contributed by atoms with Crippen molar-refractivity contribution in [2.75, 3.05) is 26.2 Å². The lowest BCUT2D eigenvalue weighted by Gasteiger charge is -2.39. The topological polar surface area (TPSA) is 170 Å². The Labute approximate surface area is 224 Å². The van der Waals surface area contributed by atoms with Crippen LogP contribution in [0.25, 0.3) is 0 Å². The Balaban J connectivity index is 6.31. The highest BCUT2D eigenvalue weighted by Crippen LogP contribution is 2.38. The average Bonchev–Trinajstić information content (AvgIpc) is 2.87. The maximum absolute atomic E-state index is 14.2. The van der Waals surface area contributed by atoms with Gasteiger partial charge in [0.1, 0.15) is 0 Å². The number of unbranched alkanes of at least 4 members (excludes halogenated alkanes) is 8. The van der Waals surface area contributed by atoms with Gasteiger partial charge in [-0.15, -0.1) is 0 Å². The normalized spacial score (nSPS) is 12.1. The smallest absolute Gasteiger partial charge is 0.210 e. The minimum absolute atomic E-state index is 0.109. The third kappa shape index (κ3) is 10.2. The number of rotatable bonds is 22. The Bertz CT molecular complexity index is 905. The molecule has 0 aliphatic heterocycles. The first-order valence-electron chi connectivity index (χ1n) is 13.1. The first-order chi connectivity index (χ1) is 17.7. The lowest BCUT2D eigenvalue weighted by molar-refractivity contribution is 0.356. The summed E-state index contributed by atoms with van der Waals surface area (Å²) in [4.78, 5) is 0. The van der Waals surface area contributed by atoms with Crippen LogP contribution in [0.2, 0.25) is 0 Å². The van der Waals surface area contributed by atoms with Crippen molar-refractivity contribution >= 4 is 20.0 Å². The lowest BCUT2D eigenvalue weighted by Crippen LogP contribution is -2.58. The second-order valence-electron chi connectivity index (χ2n) is 8.89. The predicted octanol–water partition coefficient (Wildman–Crippen LogP) is 4.54. The molecule has 0 amide bonds. The number of nitriles is 4. The summed E-state index contributed by atoms with van der Waals surface area (Å²) in [7, 11) is -8.68. The molecule has 0 aliphatic rings. The molecule has 0 saturated heterocycles. The van der Waals surface area contributed by atoms with Crippen molar-refractivity contribution in [1.29, 1.82) is 21.0 Å².